The summed E-state index contributed by atoms with van der Waals surface area (Å²) in [5, 5.41) is 6.70. The van der Waals surface area contributed by atoms with E-state index in [4.69, 9.17) is 19.4 Å². The predicted octanol–water partition coefficient (Wildman–Crippen LogP) is 10.5. The van der Waals surface area contributed by atoms with Crippen molar-refractivity contribution in [2.24, 2.45) is 0 Å². The number of anilines is 2. The molecule has 28 heteroatoms. The van der Waals surface area contributed by atoms with Crippen molar-refractivity contribution in [2.45, 2.75) is 141 Å². The van der Waals surface area contributed by atoms with Crippen LogP contribution in [0.5, 0.6) is 0 Å². The SMILES string of the molecule is CC(C)(C)OC(=O)N1CCN(c2ncc(Br)cn2)CC1.CC(C)(C)OC(=O)N1CCN(c2ncc([C@@](N[S+](O)C(C)(C)C)(c3ccc(F)cc3)C(F)(F)F)cn2)CC1.CC(C)(C)SO.N=C(c1ccc(F)cc1)C(F)(F)F.[CH2-]CCC.[Li+]. The van der Waals surface area contributed by atoms with Crippen LogP contribution < -0.4 is 33.4 Å². The molecule has 0 radical (unpaired) electrons. The second-order valence-corrected chi connectivity index (χ2v) is 26.4. The average molecular weight is 1270 g/mol. The van der Waals surface area contributed by atoms with Crippen LogP contribution in [0, 0.1) is 24.0 Å². The van der Waals surface area contributed by atoms with E-state index in [9.17, 15) is 49.3 Å². The van der Waals surface area contributed by atoms with Gasteiger partial charge in [-0.05, 0) is 153 Å². The Labute approximate surface area is 505 Å². The number of nitrogens with one attached hydrogen (secondary N) is 2. The summed E-state index contributed by atoms with van der Waals surface area (Å²) >= 11 is 2.28. The molecule has 2 amide bonds. The van der Waals surface area contributed by atoms with Crippen molar-refractivity contribution in [3.8, 4) is 0 Å². The maximum absolute atomic E-state index is 14.9. The van der Waals surface area contributed by atoms with Gasteiger partial charge in [0.2, 0.25) is 28.8 Å². The van der Waals surface area contributed by atoms with Crippen LogP contribution in [0.1, 0.15) is 120 Å². The number of ether oxygens (including phenoxy) is 2. The number of unbranched alkanes of at least 4 members (excludes halogenated alkanes) is 1. The molecule has 1 unspecified atom stereocenters. The van der Waals surface area contributed by atoms with Crippen LogP contribution in [0.25, 0.3) is 0 Å². The minimum absolute atomic E-state index is 0. The Hall–Kier alpha value is -4.49. The number of benzene rings is 2. The van der Waals surface area contributed by atoms with E-state index in [2.05, 4.69) is 59.3 Å². The van der Waals surface area contributed by atoms with E-state index in [0.29, 0.717) is 58.3 Å². The maximum Gasteiger partial charge on any atom is 1.00 e. The first-order valence-electron chi connectivity index (χ1n) is 25.5. The van der Waals surface area contributed by atoms with Crippen molar-refractivity contribution in [1.82, 2.24) is 34.5 Å². The molecule has 0 spiro atoms. The van der Waals surface area contributed by atoms with E-state index in [-0.39, 0.29) is 52.3 Å². The van der Waals surface area contributed by atoms with E-state index in [1.54, 1.807) is 68.6 Å². The van der Waals surface area contributed by atoms with Crippen LogP contribution in [-0.4, -0.2) is 142 Å². The number of rotatable bonds is 8. The summed E-state index contributed by atoms with van der Waals surface area (Å²) in [7, 11) is 0. The number of piperazine rings is 2. The first-order valence-corrected chi connectivity index (χ1v) is 28.3. The molecule has 454 valence electrons. The zero-order valence-electron chi connectivity index (χ0n) is 49.0. The average Bonchev–Trinajstić information content (AvgIpc) is 3.37. The Kier molecular flexibility index (Phi) is 30.1. The van der Waals surface area contributed by atoms with Crippen LogP contribution in [0.3, 0.4) is 0 Å². The largest absolute Gasteiger partial charge is 1.00 e. The quantitative estimate of drug-likeness (QED) is 0.0325. The van der Waals surface area contributed by atoms with Gasteiger partial charge in [-0.15, -0.1) is 0 Å². The van der Waals surface area contributed by atoms with Gasteiger partial charge in [0, 0.05) is 93.0 Å². The molecule has 2 aliphatic rings. The molecule has 2 aromatic heterocycles. The summed E-state index contributed by atoms with van der Waals surface area (Å²) in [5.41, 5.74) is -6.46. The third-order valence-electron chi connectivity index (χ3n) is 10.7. The molecule has 4 aromatic rings. The Morgan fingerprint density at radius 3 is 1.30 bits per heavy atom. The molecule has 4 N–H and O–H groups in total. The van der Waals surface area contributed by atoms with Crippen LogP contribution in [0.2, 0.25) is 0 Å². The monoisotopic (exact) mass is 1260 g/mol. The number of hydrogen-bond donors (Lipinski definition) is 4. The van der Waals surface area contributed by atoms with Crippen molar-refractivity contribution in [3.63, 3.8) is 0 Å². The zero-order chi connectivity index (χ0) is 62.0. The molecule has 0 bridgehead atoms. The number of nitrogens with zero attached hydrogens (tertiary/aromatic N) is 8. The number of carbonyl (C=O) groups excluding carboxylic acids is 2. The van der Waals surface area contributed by atoms with Crippen LogP contribution in [-0.2, 0) is 26.4 Å². The molecular formula is C54H77BrF8LiN10O6S2+. The summed E-state index contributed by atoms with van der Waals surface area (Å²) in [6, 6.07) is 7.54. The van der Waals surface area contributed by atoms with Gasteiger partial charge in [-0.25, -0.2) is 38.3 Å². The second kappa shape index (κ2) is 32.7. The fraction of sp³-hybridized carbons (Fsp3) is 0.556. The van der Waals surface area contributed by atoms with Crippen molar-refractivity contribution in [1.29, 1.82) is 5.41 Å². The number of carbonyl (C=O) groups is 2. The summed E-state index contributed by atoms with van der Waals surface area (Å²) in [4.78, 5) is 48.3. The van der Waals surface area contributed by atoms with E-state index >= 15 is 0 Å². The smallest absolute Gasteiger partial charge is 0.444 e. The van der Waals surface area contributed by atoms with Gasteiger partial charge in [0.05, 0.1) is 4.47 Å². The molecule has 4 heterocycles. The fourth-order valence-corrected chi connectivity index (χ4v) is 7.58. The molecule has 0 aliphatic carbocycles. The second-order valence-electron chi connectivity index (χ2n) is 22.1. The summed E-state index contributed by atoms with van der Waals surface area (Å²) in [6.45, 7) is 31.4. The Morgan fingerprint density at radius 2 is 1.01 bits per heavy atom. The maximum atomic E-state index is 14.9. The first-order chi connectivity index (χ1) is 37.2. The minimum atomic E-state index is -4.95. The molecule has 16 nitrogen and oxygen atoms in total. The molecule has 6 rings (SSSR count). The van der Waals surface area contributed by atoms with E-state index < -0.39 is 68.6 Å². The summed E-state index contributed by atoms with van der Waals surface area (Å²) in [5.74, 6) is -0.428. The zero-order valence-corrected chi connectivity index (χ0v) is 52.2. The predicted molar refractivity (Wildman–Crippen MR) is 307 cm³/mol. The van der Waals surface area contributed by atoms with Gasteiger partial charge in [-0.3, -0.25) is 5.41 Å². The van der Waals surface area contributed by atoms with E-state index in [1.807, 2.05) is 41.5 Å². The van der Waals surface area contributed by atoms with Crippen LogP contribution in [0.15, 0.2) is 77.8 Å². The number of amides is 2. The Bertz CT molecular complexity index is 2540. The number of hydrogen-bond acceptors (Lipinski definition) is 15. The summed E-state index contributed by atoms with van der Waals surface area (Å²) in [6.07, 6.45) is -2.48. The van der Waals surface area contributed by atoms with Gasteiger partial charge in [-0.1, -0.05) is 30.2 Å². The van der Waals surface area contributed by atoms with Crippen LogP contribution in [0.4, 0.5) is 56.6 Å². The topological polar surface area (TPSA) is 193 Å². The molecule has 82 heavy (non-hydrogen) atoms. The molecule has 2 saturated heterocycles. The van der Waals surface area contributed by atoms with Crippen molar-refractivity contribution in [3.05, 3.63) is 113 Å². The number of aromatic nitrogens is 4. The Morgan fingerprint density at radius 1 is 0.671 bits per heavy atom. The summed E-state index contributed by atoms with van der Waals surface area (Å²) < 4.78 is 139. The minimum Gasteiger partial charge on any atom is -0.444 e. The fourth-order valence-electron chi connectivity index (χ4n) is 6.43. The van der Waals surface area contributed by atoms with Crippen LogP contribution >= 0.6 is 28.0 Å². The Balaban J connectivity index is 0.000000632. The van der Waals surface area contributed by atoms with E-state index in [0.717, 1.165) is 83.9 Å². The van der Waals surface area contributed by atoms with Crippen molar-refractivity contribution < 1.29 is 82.2 Å². The van der Waals surface area contributed by atoms with Gasteiger partial charge >= 0.3 is 43.4 Å². The molecule has 2 atom stereocenters. The normalized spacial score (nSPS) is 15.2. The number of halogens is 9. The number of alkyl halides is 6. The molecule has 2 fully saturated rings. The van der Waals surface area contributed by atoms with Gasteiger partial charge < -0.3 is 40.5 Å². The third kappa shape index (κ3) is 25.8. The van der Waals surface area contributed by atoms with Crippen molar-refractivity contribution in [2.75, 3.05) is 62.2 Å². The van der Waals surface area contributed by atoms with E-state index in [1.165, 1.54) is 6.42 Å². The standard InChI is InChI=1S/C25H34F4N5O3S.C13H19BrN4O2.C8H5F4N.C4H10OS.C4H9.Li/c1-22(2,3)37-21(35)34-13-11-33(12-14-34)20-30-15-18(16-31-20)24(25(27,28)29,32-38(36)23(4,5)6)17-7-9-19(26)10-8-17;1-13(2,3)20-12(19)18-6-4-17(5-7-18)11-15-8-10(14)9-16-11;9-6-3-1-5(2-4-6)7(13)8(10,11)12;1-4(2,3)6-5;1-3-4-2;/h7-10,15-16,32,36H,11-14H2,1-6H3;8-9H,4-7H2,1-3H3;1-4,13H;5H,1-3H3;1,3-4H2,2H3;/q+1;;;;-1;+1/t24-,38?;;;;;/m0...../s1. The van der Waals surface area contributed by atoms with Crippen molar-refractivity contribution >= 4 is 69.1 Å². The third-order valence-corrected chi connectivity index (χ3v) is 13.3. The van der Waals surface area contributed by atoms with Gasteiger partial charge in [0.15, 0.2) is 4.75 Å². The molecule has 2 aliphatic heterocycles. The van der Waals surface area contributed by atoms with Gasteiger partial charge in [-0.2, -0.15) is 37.3 Å². The first kappa shape index (κ1) is 75.5. The molecule has 0 saturated carbocycles. The van der Waals surface area contributed by atoms with Gasteiger partial charge in [0.25, 0.3) is 0 Å². The van der Waals surface area contributed by atoms with Gasteiger partial charge in [0.1, 0.15) is 28.5 Å². The molecule has 2 aromatic carbocycles. The molecular weight excluding hydrogens is 1190 g/mol.